The highest BCUT2D eigenvalue weighted by Gasteiger charge is 2.17. The van der Waals surface area contributed by atoms with E-state index in [0.717, 1.165) is 24.0 Å². The van der Waals surface area contributed by atoms with E-state index >= 15 is 0 Å². The molecule has 0 aromatic heterocycles. The molecule has 0 saturated heterocycles. The summed E-state index contributed by atoms with van der Waals surface area (Å²) in [5.74, 6) is 0.847. The molecule has 2 rings (SSSR count). The lowest BCUT2D eigenvalue weighted by molar-refractivity contribution is 0.362. The van der Waals surface area contributed by atoms with E-state index in [2.05, 4.69) is 29.4 Å². The van der Waals surface area contributed by atoms with Crippen LogP contribution >= 0.6 is 11.6 Å². The van der Waals surface area contributed by atoms with E-state index in [4.69, 9.17) is 11.6 Å². The van der Waals surface area contributed by atoms with Gasteiger partial charge in [-0.15, -0.1) is 0 Å². The first-order valence-electron chi connectivity index (χ1n) is 7.35. The third kappa shape index (κ3) is 4.12. The number of nitrogens with one attached hydrogen (secondary N) is 1. The van der Waals surface area contributed by atoms with E-state index in [1.807, 2.05) is 13.1 Å². The lowest BCUT2D eigenvalue weighted by Crippen LogP contribution is -2.28. The molecule has 2 nitrogen and oxygen atoms in total. The van der Waals surface area contributed by atoms with Crippen molar-refractivity contribution in [3.05, 3.63) is 28.8 Å². The molecule has 3 heteroatoms. The molecule has 1 saturated carbocycles. The van der Waals surface area contributed by atoms with Gasteiger partial charge in [0.1, 0.15) is 0 Å². The number of benzene rings is 1. The lowest BCUT2D eigenvalue weighted by Gasteiger charge is -2.30. The van der Waals surface area contributed by atoms with E-state index in [1.54, 1.807) is 0 Å². The molecule has 106 valence electrons. The van der Waals surface area contributed by atoms with Gasteiger partial charge in [0.05, 0.1) is 0 Å². The third-order valence-corrected chi connectivity index (χ3v) is 4.32. The number of nitrogens with zero attached hydrogens (tertiary/aromatic N) is 1. The van der Waals surface area contributed by atoms with Crippen molar-refractivity contribution in [3.63, 3.8) is 0 Å². The summed E-state index contributed by atoms with van der Waals surface area (Å²) in [4.78, 5) is 2.38. The standard InChI is InChI=1S/C16H25ClN2/c1-18-11-14-8-9-15(17)10-16(14)19(2)12-13-6-4-3-5-7-13/h8-10,13,18H,3-7,11-12H2,1-2H3. The highest BCUT2D eigenvalue weighted by molar-refractivity contribution is 6.30. The fraction of sp³-hybridized carbons (Fsp3) is 0.625. The van der Waals surface area contributed by atoms with Crippen LogP contribution in [0, 0.1) is 5.92 Å². The molecule has 0 radical (unpaired) electrons. The molecular formula is C16H25ClN2. The Morgan fingerprint density at radius 3 is 2.68 bits per heavy atom. The Hall–Kier alpha value is -0.730. The first kappa shape index (κ1) is 14.7. The van der Waals surface area contributed by atoms with Gasteiger partial charge in [-0.1, -0.05) is 36.9 Å². The molecule has 0 heterocycles. The summed E-state index contributed by atoms with van der Waals surface area (Å²) >= 11 is 6.16. The van der Waals surface area contributed by atoms with Crippen LogP contribution in [0.4, 0.5) is 5.69 Å². The van der Waals surface area contributed by atoms with Gasteiger partial charge in [-0.2, -0.15) is 0 Å². The Labute approximate surface area is 122 Å². The Kier molecular flexibility index (Phi) is 5.53. The van der Waals surface area contributed by atoms with Crippen LogP contribution in [0.5, 0.6) is 0 Å². The quantitative estimate of drug-likeness (QED) is 0.874. The second kappa shape index (κ2) is 7.16. The van der Waals surface area contributed by atoms with E-state index in [9.17, 15) is 0 Å². The zero-order chi connectivity index (χ0) is 13.7. The minimum absolute atomic E-state index is 0.824. The predicted octanol–water partition coefficient (Wildman–Crippen LogP) is 4.08. The number of rotatable bonds is 5. The van der Waals surface area contributed by atoms with Crippen molar-refractivity contribution < 1.29 is 0 Å². The molecule has 1 aromatic carbocycles. The van der Waals surface area contributed by atoms with Gasteiger partial charge in [0.15, 0.2) is 0 Å². The Bertz CT molecular complexity index is 400. The third-order valence-electron chi connectivity index (χ3n) is 4.08. The second-order valence-corrected chi connectivity index (χ2v) is 6.12. The maximum Gasteiger partial charge on any atom is 0.0426 e. The molecule has 0 atom stereocenters. The van der Waals surface area contributed by atoms with Crippen molar-refractivity contribution in [2.24, 2.45) is 5.92 Å². The molecule has 0 amide bonds. The molecule has 0 bridgehead atoms. The molecule has 0 unspecified atom stereocenters. The van der Waals surface area contributed by atoms with Crippen LogP contribution in [0.1, 0.15) is 37.7 Å². The fourth-order valence-electron chi connectivity index (χ4n) is 3.09. The normalized spacial score (nSPS) is 16.6. The van der Waals surface area contributed by atoms with Crippen LogP contribution in [0.15, 0.2) is 18.2 Å². The number of hydrogen-bond donors (Lipinski definition) is 1. The number of hydrogen-bond acceptors (Lipinski definition) is 2. The fourth-order valence-corrected chi connectivity index (χ4v) is 3.25. The largest absolute Gasteiger partial charge is 0.374 e. The Morgan fingerprint density at radius 2 is 2.00 bits per heavy atom. The molecule has 0 spiro atoms. The monoisotopic (exact) mass is 280 g/mol. The van der Waals surface area contributed by atoms with Crippen molar-refractivity contribution in [2.75, 3.05) is 25.5 Å². The molecule has 1 aliphatic carbocycles. The molecule has 19 heavy (non-hydrogen) atoms. The van der Waals surface area contributed by atoms with Crippen LogP contribution in [0.2, 0.25) is 5.02 Å². The van der Waals surface area contributed by atoms with Gasteiger partial charge in [0.2, 0.25) is 0 Å². The molecular weight excluding hydrogens is 256 g/mol. The second-order valence-electron chi connectivity index (χ2n) is 5.69. The summed E-state index contributed by atoms with van der Waals surface area (Å²) in [6.07, 6.45) is 6.98. The van der Waals surface area contributed by atoms with Crippen LogP contribution in [0.3, 0.4) is 0 Å². The molecule has 1 aromatic rings. The van der Waals surface area contributed by atoms with E-state index < -0.39 is 0 Å². The van der Waals surface area contributed by atoms with Crippen LogP contribution in [0.25, 0.3) is 0 Å². The Morgan fingerprint density at radius 1 is 1.26 bits per heavy atom. The lowest BCUT2D eigenvalue weighted by atomic mass is 9.89. The van der Waals surface area contributed by atoms with Gasteiger partial charge in [-0.3, -0.25) is 0 Å². The maximum absolute atomic E-state index is 6.16. The SMILES string of the molecule is CNCc1ccc(Cl)cc1N(C)CC1CCCCC1. The van der Waals surface area contributed by atoms with Crippen molar-refractivity contribution in [1.29, 1.82) is 0 Å². The van der Waals surface area contributed by atoms with Gasteiger partial charge in [0.25, 0.3) is 0 Å². The zero-order valence-corrected chi connectivity index (χ0v) is 12.8. The highest BCUT2D eigenvalue weighted by atomic mass is 35.5. The average molecular weight is 281 g/mol. The molecule has 1 aliphatic rings. The highest BCUT2D eigenvalue weighted by Crippen LogP contribution is 2.28. The van der Waals surface area contributed by atoms with Crippen LogP contribution in [-0.4, -0.2) is 20.6 Å². The minimum atomic E-state index is 0.824. The number of halogens is 1. The smallest absolute Gasteiger partial charge is 0.0426 e. The topological polar surface area (TPSA) is 15.3 Å². The maximum atomic E-state index is 6.16. The Balaban J connectivity index is 2.07. The van der Waals surface area contributed by atoms with Crippen molar-refractivity contribution in [3.8, 4) is 0 Å². The summed E-state index contributed by atoms with van der Waals surface area (Å²) in [5, 5.41) is 4.06. The van der Waals surface area contributed by atoms with Gasteiger partial charge < -0.3 is 10.2 Å². The van der Waals surface area contributed by atoms with Gasteiger partial charge in [-0.05, 0) is 43.5 Å². The van der Waals surface area contributed by atoms with Gasteiger partial charge in [-0.25, -0.2) is 0 Å². The molecule has 0 aliphatic heterocycles. The predicted molar refractivity (Wildman–Crippen MR) is 84.1 cm³/mol. The van der Waals surface area contributed by atoms with Gasteiger partial charge in [0, 0.05) is 30.8 Å². The summed E-state index contributed by atoms with van der Waals surface area (Å²) in [7, 11) is 4.18. The summed E-state index contributed by atoms with van der Waals surface area (Å²) in [6.45, 7) is 2.04. The summed E-state index contributed by atoms with van der Waals surface area (Å²) in [5.41, 5.74) is 2.60. The van der Waals surface area contributed by atoms with Crippen LogP contribution < -0.4 is 10.2 Å². The van der Waals surface area contributed by atoms with Crippen molar-refractivity contribution >= 4 is 17.3 Å². The van der Waals surface area contributed by atoms with E-state index in [0.29, 0.717) is 0 Å². The first-order valence-corrected chi connectivity index (χ1v) is 7.72. The van der Waals surface area contributed by atoms with Crippen molar-refractivity contribution in [2.45, 2.75) is 38.6 Å². The van der Waals surface area contributed by atoms with Crippen LogP contribution in [-0.2, 0) is 6.54 Å². The summed E-state index contributed by atoms with van der Waals surface area (Å²) in [6, 6.07) is 6.20. The van der Waals surface area contributed by atoms with Gasteiger partial charge >= 0.3 is 0 Å². The zero-order valence-electron chi connectivity index (χ0n) is 12.1. The first-order chi connectivity index (χ1) is 9.20. The average Bonchev–Trinajstić information content (AvgIpc) is 2.42. The minimum Gasteiger partial charge on any atom is -0.374 e. The number of anilines is 1. The van der Waals surface area contributed by atoms with E-state index in [1.165, 1.54) is 43.4 Å². The van der Waals surface area contributed by atoms with E-state index in [-0.39, 0.29) is 0 Å². The molecule has 1 fully saturated rings. The summed E-state index contributed by atoms with van der Waals surface area (Å²) < 4.78 is 0. The molecule has 1 N–H and O–H groups in total. The van der Waals surface area contributed by atoms with Crippen molar-refractivity contribution in [1.82, 2.24) is 5.32 Å².